The van der Waals surface area contributed by atoms with Crippen LogP contribution in [0.1, 0.15) is 25.3 Å². The van der Waals surface area contributed by atoms with E-state index in [1.165, 1.54) is 5.56 Å². The molecule has 0 bridgehead atoms. The monoisotopic (exact) mass is 409 g/mol. The summed E-state index contributed by atoms with van der Waals surface area (Å²) < 4.78 is 0. The van der Waals surface area contributed by atoms with Crippen LogP contribution < -0.4 is 4.90 Å². The molecule has 1 atom stereocenters. The lowest BCUT2D eigenvalue weighted by Crippen LogP contribution is -2.45. The van der Waals surface area contributed by atoms with Crippen LogP contribution in [0.5, 0.6) is 0 Å². The quantitative estimate of drug-likeness (QED) is 0.468. The van der Waals surface area contributed by atoms with Gasteiger partial charge >= 0.3 is 0 Å². The Balaban J connectivity index is 1.62. The summed E-state index contributed by atoms with van der Waals surface area (Å²) in [5.74, 6) is 0.139. The van der Waals surface area contributed by atoms with Gasteiger partial charge in [-0.25, -0.2) is 0 Å². The Morgan fingerprint density at radius 2 is 1.57 bits per heavy atom. The highest BCUT2D eigenvalue weighted by atomic mass is 35.5. The van der Waals surface area contributed by atoms with Gasteiger partial charge in [-0.05, 0) is 41.8 Å². The molecule has 1 saturated heterocycles. The van der Waals surface area contributed by atoms with Crippen LogP contribution in [0.3, 0.4) is 0 Å². The van der Waals surface area contributed by atoms with Crippen LogP contribution in [0.15, 0.2) is 72.8 Å². The van der Waals surface area contributed by atoms with E-state index in [0.717, 1.165) is 23.2 Å². The van der Waals surface area contributed by atoms with Crippen molar-refractivity contribution in [2.24, 2.45) is 0 Å². The molecule has 2 nitrogen and oxygen atoms in total. The Bertz CT molecular complexity index is 998. The van der Waals surface area contributed by atoms with Crippen molar-refractivity contribution in [3.05, 3.63) is 88.4 Å². The van der Waals surface area contributed by atoms with Gasteiger partial charge in [0, 0.05) is 39.7 Å². The highest BCUT2D eigenvalue weighted by Crippen LogP contribution is 2.39. The minimum absolute atomic E-state index is 0.126. The molecule has 0 N–H and O–H groups in total. The molecule has 0 aliphatic carbocycles. The van der Waals surface area contributed by atoms with Gasteiger partial charge in [0.05, 0.1) is 0 Å². The van der Waals surface area contributed by atoms with Crippen molar-refractivity contribution < 1.29 is 4.79 Å². The van der Waals surface area contributed by atoms with Crippen LogP contribution >= 0.6 is 23.2 Å². The van der Waals surface area contributed by atoms with Crippen molar-refractivity contribution in [3.63, 3.8) is 0 Å². The van der Waals surface area contributed by atoms with E-state index in [1.807, 2.05) is 65.6 Å². The minimum atomic E-state index is -0.126. The Labute approximate surface area is 175 Å². The lowest BCUT2D eigenvalue weighted by molar-refractivity contribution is -0.121. The summed E-state index contributed by atoms with van der Waals surface area (Å²) in [4.78, 5) is 14.9. The first-order valence-corrected chi connectivity index (χ1v) is 10.1. The van der Waals surface area contributed by atoms with E-state index >= 15 is 0 Å². The Kier molecular flexibility index (Phi) is 5.18. The molecule has 28 heavy (non-hydrogen) atoms. The van der Waals surface area contributed by atoms with E-state index in [2.05, 4.69) is 19.1 Å². The third kappa shape index (κ3) is 3.55. The molecule has 142 valence electrons. The van der Waals surface area contributed by atoms with Crippen LogP contribution in [-0.4, -0.2) is 12.5 Å². The largest absolute Gasteiger partial charge is 0.312 e. The molecule has 3 aromatic rings. The number of benzene rings is 3. The highest BCUT2D eigenvalue weighted by Gasteiger charge is 2.37. The fourth-order valence-corrected chi connectivity index (χ4v) is 4.58. The lowest BCUT2D eigenvalue weighted by Gasteiger charge is -2.39. The maximum atomic E-state index is 13.0. The second kappa shape index (κ2) is 7.62. The molecule has 1 unspecified atom stereocenters. The lowest BCUT2D eigenvalue weighted by atomic mass is 9.74. The molecule has 0 saturated carbocycles. The molecule has 1 amide bonds. The number of hydrogen-bond acceptors (Lipinski definition) is 1. The number of halogens is 2. The van der Waals surface area contributed by atoms with Crippen molar-refractivity contribution in [2.75, 3.05) is 11.4 Å². The maximum Gasteiger partial charge on any atom is 0.227 e. The Hall–Kier alpha value is -2.29. The topological polar surface area (TPSA) is 20.3 Å². The molecule has 0 radical (unpaired) electrons. The zero-order chi connectivity index (χ0) is 19.7. The zero-order valence-electron chi connectivity index (χ0n) is 15.7. The number of anilines is 1. The van der Waals surface area contributed by atoms with Gasteiger partial charge in [0.25, 0.3) is 0 Å². The molecular weight excluding hydrogens is 389 g/mol. The molecule has 1 heterocycles. The standard InChI is InChI=1S/C24H21Cl2NO/c1-24(18-8-3-2-4-9-18)13-14-27(22(28)16-24)19-10-5-7-17(15-19)23-20(25)11-6-12-21(23)26/h2-12,15H,13-14,16H2,1H3. The fourth-order valence-electron chi connectivity index (χ4n) is 3.96. The second-order valence-corrected chi connectivity index (χ2v) is 8.36. The zero-order valence-corrected chi connectivity index (χ0v) is 17.2. The van der Waals surface area contributed by atoms with Crippen LogP contribution in [0, 0.1) is 0 Å². The van der Waals surface area contributed by atoms with Gasteiger partial charge in [-0.3, -0.25) is 4.79 Å². The van der Waals surface area contributed by atoms with E-state index in [9.17, 15) is 4.79 Å². The van der Waals surface area contributed by atoms with Crippen molar-refractivity contribution >= 4 is 34.8 Å². The van der Waals surface area contributed by atoms with Crippen LogP contribution in [-0.2, 0) is 10.2 Å². The van der Waals surface area contributed by atoms with E-state index < -0.39 is 0 Å². The summed E-state index contributed by atoms with van der Waals surface area (Å²) in [6, 6.07) is 23.7. The first-order valence-electron chi connectivity index (χ1n) is 9.38. The van der Waals surface area contributed by atoms with Crippen LogP contribution in [0.2, 0.25) is 10.0 Å². The third-order valence-corrected chi connectivity index (χ3v) is 6.24. The Morgan fingerprint density at radius 1 is 0.893 bits per heavy atom. The first kappa shape index (κ1) is 19.0. The summed E-state index contributed by atoms with van der Waals surface area (Å²) in [7, 11) is 0. The molecule has 1 fully saturated rings. The average molecular weight is 410 g/mol. The summed E-state index contributed by atoms with van der Waals surface area (Å²) in [5, 5.41) is 1.21. The van der Waals surface area contributed by atoms with Gasteiger partial charge in [0.2, 0.25) is 5.91 Å². The van der Waals surface area contributed by atoms with Crippen molar-refractivity contribution in [1.29, 1.82) is 0 Å². The molecule has 0 aromatic heterocycles. The minimum Gasteiger partial charge on any atom is -0.312 e. The molecule has 1 aliphatic rings. The number of amides is 1. The van der Waals surface area contributed by atoms with Gasteiger partial charge in [-0.1, -0.05) is 78.7 Å². The summed E-state index contributed by atoms with van der Waals surface area (Å²) >= 11 is 12.7. The number of nitrogens with zero attached hydrogens (tertiary/aromatic N) is 1. The normalized spacial score (nSPS) is 19.7. The molecule has 3 aromatic carbocycles. The van der Waals surface area contributed by atoms with E-state index in [4.69, 9.17) is 23.2 Å². The molecular formula is C24H21Cl2NO. The third-order valence-electron chi connectivity index (χ3n) is 5.61. The van der Waals surface area contributed by atoms with E-state index in [0.29, 0.717) is 23.0 Å². The number of carbonyl (C=O) groups is 1. The van der Waals surface area contributed by atoms with Gasteiger partial charge in [0.1, 0.15) is 0 Å². The van der Waals surface area contributed by atoms with Crippen LogP contribution in [0.4, 0.5) is 5.69 Å². The predicted molar refractivity (Wildman–Crippen MR) is 117 cm³/mol. The fraction of sp³-hybridized carbons (Fsp3) is 0.208. The summed E-state index contributed by atoms with van der Waals surface area (Å²) in [5.41, 5.74) is 3.69. The van der Waals surface area contributed by atoms with Gasteiger partial charge in [-0.2, -0.15) is 0 Å². The molecule has 0 spiro atoms. The summed E-state index contributed by atoms with van der Waals surface area (Å²) in [6.45, 7) is 2.86. The molecule has 4 rings (SSSR count). The predicted octanol–water partition coefficient (Wildman–Crippen LogP) is 6.75. The highest BCUT2D eigenvalue weighted by molar-refractivity contribution is 6.39. The van der Waals surface area contributed by atoms with E-state index in [1.54, 1.807) is 0 Å². The molecule has 4 heteroatoms. The van der Waals surface area contributed by atoms with Gasteiger partial charge < -0.3 is 4.90 Å². The molecule has 1 aliphatic heterocycles. The van der Waals surface area contributed by atoms with Crippen LogP contribution in [0.25, 0.3) is 11.1 Å². The number of rotatable bonds is 3. The number of piperidine rings is 1. The van der Waals surface area contributed by atoms with E-state index in [-0.39, 0.29) is 11.3 Å². The van der Waals surface area contributed by atoms with Crippen molar-refractivity contribution in [3.8, 4) is 11.1 Å². The van der Waals surface area contributed by atoms with Crippen molar-refractivity contribution in [1.82, 2.24) is 0 Å². The average Bonchev–Trinajstić information content (AvgIpc) is 2.69. The smallest absolute Gasteiger partial charge is 0.227 e. The summed E-state index contributed by atoms with van der Waals surface area (Å²) in [6.07, 6.45) is 1.41. The first-order chi connectivity index (χ1) is 13.5. The Morgan fingerprint density at radius 3 is 2.25 bits per heavy atom. The number of carbonyl (C=O) groups excluding carboxylic acids is 1. The second-order valence-electron chi connectivity index (χ2n) is 7.55. The van der Waals surface area contributed by atoms with Gasteiger partial charge in [-0.15, -0.1) is 0 Å². The maximum absolute atomic E-state index is 13.0. The van der Waals surface area contributed by atoms with Crippen molar-refractivity contribution in [2.45, 2.75) is 25.2 Å². The number of hydrogen-bond donors (Lipinski definition) is 0. The van der Waals surface area contributed by atoms with Gasteiger partial charge in [0.15, 0.2) is 0 Å². The SMILES string of the molecule is CC1(c2ccccc2)CCN(c2cccc(-c3c(Cl)cccc3Cl)c2)C(=O)C1.